The first-order valence-corrected chi connectivity index (χ1v) is 8.88. The Morgan fingerprint density at radius 3 is 2.73 bits per heavy atom. The number of nitrogens with zero attached hydrogens (tertiary/aromatic N) is 1. The van der Waals surface area contributed by atoms with Crippen LogP contribution in [0, 0.1) is 11.3 Å². The topological polar surface area (TPSA) is 79.2 Å². The predicted molar refractivity (Wildman–Crippen MR) is 101 cm³/mol. The molecule has 1 N–H and O–H groups in total. The monoisotopic (exact) mass is 384 g/mol. The molecule has 0 bridgehead atoms. The minimum Gasteiger partial charge on any atom is -0.448 e. The lowest BCUT2D eigenvalue weighted by Crippen LogP contribution is -2.29. The maximum absolute atomic E-state index is 12.4. The third-order valence-corrected chi connectivity index (χ3v) is 5.29. The van der Waals surface area contributed by atoms with Gasteiger partial charge in [0.1, 0.15) is 4.88 Å². The smallest absolute Gasteiger partial charge is 0.350 e. The van der Waals surface area contributed by atoms with Crippen molar-refractivity contribution < 1.29 is 14.3 Å². The molecule has 0 fully saturated rings. The number of esters is 1. The molecule has 1 heterocycles. The Balaban J connectivity index is 1.71. The van der Waals surface area contributed by atoms with Gasteiger partial charge in [-0.3, -0.25) is 4.79 Å². The van der Waals surface area contributed by atoms with Crippen LogP contribution in [-0.4, -0.2) is 18.0 Å². The van der Waals surface area contributed by atoms with Gasteiger partial charge in [-0.15, -0.1) is 11.3 Å². The van der Waals surface area contributed by atoms with Crippen molar-refractivity contribution in [2.75, 3.05) is 5.32 Å². The maximum atomic E-state index is 12.4. The fourth-order valence-corrected chi connectivity index (χ4v) is 3.71. The van der Waals surface area contributed by atoms with E-state index in [9.17, 15) is 9.59 Å². The second-order valence-corrected chi connectivity index (χ2v) is 6.90. The molecule has 0 aliphatic heterocycles. The average Bonchev–Trinajstić information content (AvgIpc) is 2.99. The van der Waals surface area contributed by atoms with Crippen molar-refractivity contribution in [3.8, 4) is 6.07 Å². The van der Waals surface area contributed by atoms with Crippen molar-refractivity contribution in [1.82, 2.24) is 0 Å². The number of fused-ring (bicyclic) bond motifs is 1. The quantitative estimate of drug-likeness (QED) is 0.666. The van der Waals surface area contributed by atoms with Gasteiger partial charge >= 0.3 is 5.97 Å². The Bertz CT molecular complexity index is 1040. The molecule has 130 valence electrons. The number of benzene rings is 2. The normalized spacial score (nSPS) is 11.6. The van der Waals surface area contributed by atoms with Crippen LogP contribution >= 0.6 is 22.9 Å². The number of carbonyl (C=O) groups excluding carboxylic acids is 2. The predicted octanol–water partition coefficient (Wildman–Crippen LogP) is 4.61. The molecular weight excluding hydrogens is 372 g/mol. The Morgan fingerprint density at radius 2 is 2.00 bits per heavy atom. The first-order chi connectivity index (χ1) is 12.5. The summed E-state index contributed by atoms with van der Waals surface area (Å²) in [5.74, 6) is -1.14. The van der Waals surface area contributed by atoms with Gasteiger partial charge in [-0.1, -0.05) is 35.9 Å². The van der Waals surface area contributed by atoms with Crippen LogP contribution in [-0.2, 0) is 9.53 Å². The molecular formula is C19H13ClN2O3S. The molecule has 1 amide bonds. The molecule has 1 atom stereocenters. The molecule has 1 aromatic heterocycles. The lowest BCUT2D eigenvalue weighted by atomic mass is 10.2. The molecule has 0 radical (unpaired) electrons. The molecule has 3 aromatic rings. The summed E-state index contributed by atoms with van der Waals surface area (Å²) in [5.41, 5.74) is 0.876. The van der Waals surface area contributed by atoms with Gasteiger partial charge in [0, 0.05) is 15.8 Å². The van der Waals surface area contributed by atoms with Gasteiger partial charge in [-0.2, -0.15) is 5.26 Å². The summed E-state index contributed by atoms with van der Waals surface area (Å²) in [4.78, 5) is 24.9. The highest BCUT2D eigenvalue weighted by atomic mass is 35.5. The van der Waals surface area contributed by atoms with Gasteiger partial charge in [0.25, 0.3) is 5.91 Å². The van der Waals surface area contributed by atoms with Gasteiger partial charge in [-0.25, -0.2) is 4.79 Å². The first kappa shape index (κ1) is 17.9. The Kier molecular flexibility index (Phi) is 5.21. The number of nitrogens with one attached hydrogen (secondary N) is 1. The number of thiophene rings is 1. The van der Waals surface area contributed by atoms with Crippen molar-refractivity contribution in [1.29, 1.82) is 5.26 Å². The van der Waals surface area contributed by atoms with Crippen molar-refractivity contribution in [3.05, 3.63) is 64.0 Å². The lowest BCUT2D eigenvalue weighted by molar-refractivity contribution is -0.123. The van der Waals surface area contributed by atoms with Gasteiger partial charge in [-0.05, 0) is 31.2 Å². The molecule has 5 nitrogen and oxygen atoms in total. The molecule has 7 heteroatoms. The first-order valence-electron chi connectivity index (χ1n) is 7.68. The number of halogens is 1. The Hall–Kier alpha value is -2.88. The van der Waals surface area contributed by atoms with Crippen molar-refractivity contribution in [3.63, 3.8) is 0 Å². The van der Waals surface area contributed by atoms with E-state index in [4.69, 9.17) is 21.6 Å². The van der Waals surface area contributed by atoms with Gasteiger partial charge in [0.05, 0.1) is 16.7 Å². The number of hydrogen-bond donors (Lipinski definition) is 1. The largest absolute Gasteiger partial charge is 0.448 e. The van der Waals surface area contributed by atoms with Crippen molar-refractivity contribution in [2.24, 2.45) is 0 Å². The van der Waals surface area contributed by atoms with E-state index in [0.717, 1.165) is 10.1 Å². The maximum Gasteiger partial charge on any atom is 0.350 e. The van der Waals surface area contributed by atoms with E-state index in [2.05, 4.69) is 5.32 Å². The molecule has 3 rings (SSSR count). The molecule has 0 saturated carbocycles. The number of ether oxygens (including phenoxy) is 1. The second kappa shape index (κ2) is 7.56. The van der Waals surface area contributed by atoms with Crippen LogP contribution in [0.2, 0.25) is 5.02 Å². The Morgan fingerprint density at radius 1 is 1.23 bits per heavy atom. The molecule has 2 aromatic carbocycles. The summed E-state index contributed by atoms with van der Waals surface area (Å²) in [5, 5.41) is 12.6. The molecule has 0 spiro atoms. The van der Waals surface area contributed by atoms with Gasteiger partial charge in [0.2, 0.25) is 0 Å². The number of hydrogen-bond acceptors (Lipinski definition) is 5. The minimum atomic E-state index is -1.02. The van der Waals surface area contributed by atoms with Crippen LogP contribution in [0.25, 0.3) is 10.1 Å². The number of nitriles is 1. The zero-order valence-electron chi connectivity index (χ0n) is 13.7. The number of carbonyl (C=O) groups is 2. The molecule has 0 aliphatic rings. The number of anilines is 1. The van der Waals surface area contributed by atoms with Crippen LogP contribution in [0.15, 0.2) is 48.5 Å². The highest BCUT2D eigenvalue weighted by molar-refractivity contribution is 7.21. The fourth-order valence-electron chi connectivity index (χ4n) is 2.32. The van der Waals surface area contributed by atoms with Crippen molar-refractivity contribution >= 4 is 50.6 Å². The summed E-state index contributed by atoms with van der Waals surface area (Å²) >= 11 is 7.48. The van der Waals surface area contributed by atoms with Crippen molar-refractivity contribution in [2.45, 2.75) is 13.0 Å². The molecule has 0 unspecified atom stereocenters. The third kappa shape index (κ3) is 3.69. The SMILES string of the molecule is C[C@@H](OC(=O)c1sc2ccccc2c1Cl)C(=O)Nc1cccc(C#N)c1. The van der Waals surface area contributed by atoms with E-state index < -0.39 is 18.0 Å². The summed E-state index contributed by atoms with van der Waals surface area (Å²) in [7, 11) is 0. The second-order valence-electron chi connectivity index (χ2n) is 5.47. The molecule has 0 aliphatic carbocycles. The van der Waals surface area contributed by atoms with E-state index >= 15 is 0 Å². The average molecular weight is 385 g/mol. The van der Waals surface area contributed by atoms with E-state index in [1.807, 2.05) is 30.3 Å². The van der Waals surface area contributed by atoms with E-state index in [0.29, 0.717) is 16.3 Å². The van der Waals surface area contributed by atoms with Crippen LogP contribution < -0.4 is 5.32 Å². The Labute approximate surface area is 158 Å². The van der Waals surface area contributed by atoms with E-state index in [-0.39, 0.29) is 4.88 Å². The lowest BCUT2D eigenvalue weighted by Gasteiger charge is -2.13. The summed E-state index contributed by atoms with van der Waals surface area (Å²) in [6.45, 7) is 1.47. The van der Waals surface area contributed by atoms with Crippen LogP contribution in [0.5, 0.6) is 0 Å². The van der Waals surface area contributed by atoms with E-state index in [1.165, 1.54) is 24.3 Å². The fraction of sp³-hybridized carbons (Fsp3) is 0.105. The zero-order chi connectivity index (χ0) is 18.7. The van der Waals surface area contributed by atoms with Gasteiger partial charge in [0.15, 0.2) is 6.10 Å². The van der Waals surface area contributed by atoms with Crippen LogP contribution in [0.1, 0.15) is 22.2 Å². The highest BCUT2D eigenvalue weighted by Crippen LogP contribution is 2.35. The molecule has 26 heavy (non-hydrogen) atoms. The molecule has 0 saturated heterocycles. The summed E-state index contributed by atoms with van der Waals surface area (Å²) in [6, 6.07) is 15.8. The third-order valence-electron chi connectivity index (χ3n) is 3.63. The minimum absolute atomic E-state index is 0.263. The van der Waals surface area contributed by atoms with Crippen LogP contribution in [0.3, 0.4) is 0 Å². The highest BCUT2D eigenvalue weighted by Gasteiger charge is 2.23. The van der Waals surface area contributed by atoms with E-state index in [1.54, 1.807) is 18.2 Å². The van der Waals surface area contributed by atoms with Gasteiger partial charge < -0.3 is 10.1 Å². The number of amides is 1. The standard InChI is InChI=1S/C19H13ClN2O3S/c1-11(18(23)22-13-6-4-5-12(9-13)10-21)25-19(24)17-16(20)14-7-2-3-8-15(14)26-17/h2-9,11H,1H3,(H,22,23)/t11-/m1/s1. The number of rotatable bonds is 4. The van der Waals surface area contributed by atoms with Crippen LogP contribution in [0.4, 0.5) is 5.69 Å². The summed E-state index contributed by atoms with van der Waals surface area (Å²) < 4.78 is 6.12. The summed E-state index contributed by atoms with van der Waals surface area (Å²) in [6.07, 6.45) is -1.02. The zero-order valence-corrected chi connectivity index (χ0v) is 15.2.